The minimum absolute atomic E-state index is 0.0600. The lowest BCUT2D eigenvalue weighted by Crippen LogP contribution is -2.58. The fourth-order valence-electron chi connectivity index (χ4n) is 3.87. The summed E-state index contributed by atoms with van der Waals surface area (Å²) >= 11 is 0. The molecule has 3 rings (SSSR count). The van der Waals surface area contributed by atoms with E-state index in [0.29, 0.717) is 25.3 Å². The zero-order valence-corrected chi connectivity index (χ0v) is 15.3. The van der Waals surface area contributed by atoms with Gasteiger partial charge in [0, 0.05) is 44.0 Å². The van der Waals surface area contributed by atoms with Crippen molar-refractivity contribution in [3.63, 3.8) is 0 Å². The van der Waals surface area contributed by atoms with E-state index in [1.54, 1.807) is 12.4 Å². The molecule has 6 nitrogen and oxygen atoms in total. The third-order valence-corrected chi connectivity index (χ3v) is 5.26. The van der Waals surface area contributed by atoms with Gasteiger partial charge >= 0.3 is 0 Å². The van der Waals surface area contributed by atoms with Crippen LogP contribution in [0.2, 0.25) is 0 Å². The number of hydrogen-bond acceptors (Lipinski definition) is 5. The Morgan fingerprint density at radius 2 is 2.40 bits per heavy atom. The molecule has 0 N–H and O–H groups in total. The van der Waals surface area contributed by atoms with Gasteiger partial charge in [0.25, 0.3) is 5.91 Å². The number of amides is 1. The lowest BCUT2D eigenvalue weighted by Gasteiger charge is -2.50. The molecule has 0 radical (unpaired) electrons. The van der Waals surface area contributed by atoms with Crippen molar-refractivity contribution in [1.82, 2.24) is 14.8 Å². The number of likely N-dealkylation sites (tertiary alicyclic amines) is 1. The fraction of sp³-hybridized carbons (Fsp3) is 0.684. The second kappa shape index (κ2) is 8.25. The van der Waals surface area contributed by atoms with Gasteiger partial charge in [-0.2, -0.15) is 0 Å². The Labute approximate surface area is 150 Å². The molecule has 1 aromatic heterocycles. The standard InChI is InChI=1S/C19H29N3O3/c1-21(2)10-12-24-15-19-7-4-11-25-17(19)6-9-22(14-19)18(23)16-5-3-8-20-13-16/h3,5,8,13,17H,4,6-7,9-12,14-15H2,1-2H3/t17-,19-/m1/s1. The first kappa shape index (κ1) is 18.3. The van der Waals surface area contributed by atoms with Crippen LogP contribution in [-0.4, -0.2) is 80.3 Å². The molecule has 0 aliphatic carbocycles. The Morgan fingerprint density at radius 1 is 1.52 bits per heavy atom. The Morgan fingerprint density at radius 3 is 3.16 bits per heavy atom. The van der Waals surface area contributed by atoms with Crippen molar-refractivity contribution in [2.45, 2.75) is 25.4 Å². The topological polar surface area (TPSA) is 54.9 Å². The first-order valence-electron chi connectivity index (χ1n) is 9.14. The lowest BCUT2D eigenvalue weighted by atomic mass is 9.73. The third kappa shape index (κ3) is 4.37. The highest BCUT2D eigenvalue weighted by molar-refractivity contribution is 5.94. The van der Waals surface area contributed by atoms with Crippen molar-refractivity contribution in [2.75, 3.05) is 53.6 Å². The number of hydrogen-bond donors (Lipinski definition) is 0. The van der Waals surface area contributed by atoms with Gasteiger partial charge in [-0.3, -0.25) is 9.78 Å². The number of carbonyl (C=O) groups excluding carboxylic acids is 1. The average molecular weight is 347 g/mol. The fourth-order valence-corrected chi connectivity index (χ4v) is 3.87. The molecular weight excluding hydrogens is 318 g/mol. The molecular formula is C19H29N3O3. The normalized spacial score (nSPS) is 26.5. The number of piperidine rings is 1. The van der Waals surface area contributed by atoms with Crippen LogP contribution >= 0.6 is 0 Å². The van der Waals surface area contributed by atoms with Crippen molar-refractivity contribution in [1.29, 1.82) is 0 Å². The summed E-state index contributed by atoms with van der Waals surface area (Å²) in [6, 6.07) is 3.64. The van der Waals surface area contributed by atoms with Crippen molar-refractivity contribution in [3.05, 3.63) is 30.1 Å². The largest absolute Gasteiger partial charge is 0.379 e. The van der Waals surface area contributed by atoms with Crippen molar-refractivity contribution in [3.8, 4) is 0 Å². The minimum atomic E-state index is -0.0827. The van der Waals surface area contributed by atoms with Crippen molar-refractivity contribution in [2.24, 2.45) is 5.41 Å². The van der Waals surface area contributed by atoms with Gasteiger partial charge < -0.3 is 19.3 Å². The maximum atomic E-state index is 12.8. The highest BCUT2D eigenvalue weighted by Gasteiger charge is 2.47. The van der Waals surface area contributed by atoms with Gasteiger partial charge in [0.05, 0.1) is 24.9 Å². The van der Waals surface area contributed by atoms with E-state index in [4.69, 9.17) is 9.47 Å². The number of nitrogens with zero attached hydrogens (tertiary/aromatic N) is 3. The number of pyridine rings is 1. The Kier molecular flexibility index (Phi) is 6.04. The van der Waals surface area contributed by atoms with Gasteiger partial charge in [-0.25, -0.2) is 0 Å². The molecule has 138 valence electrons. The van der Waals surface area contributed by atoms with E-state index in [0.717, 1.165) is 39.0 Å². The van der Waals surface area contributed by atoms with Crippen LogP contribution < -0.4 is 0 Å². The summed E-state index contributed by atoms with van der Waals surface area (Å²) in [4.78, 5) is 21.0. The van der Waals surface area contributed by atoms with Gasteiger partial charge in [-0.1, -0.05) is 0 Å². The van der Waals surface area contributed by atoms with E-state index in [2.05, 4.69) is 9.88 Å². The number of rotatable bonds is 6. The van der Waals surface area contributed by atoms with E-state index in [1.807, 2.05) is 31.1 Å². The van der Waals surface area contributed by atoms with Crippen LogP contribution in [-0.2, 0) is 9.47 Å². The smallest absolute Gasteiger partial charge is 0.255 e. The van der Waals surface area contributed by atoms with Crippen LogP contribution in [0, 0.1) is 5.41 Å². The average Bonchev–Trinajstić information content (AvgIpc) is 2.65. The minimum Gasteiger partial charge on any atom is -0.379 e. The maximum Gasteiger partial charge on any atom is 0.255 e. The Balaban J connectivity index is 1.67. The van der Waals surface area contributed by atoms with Gasteiger partial charge in [-0.15, -0.1) is 0 Å². The summed E-state index contributed by atoms with van der Waals surface area (Å²) in [5, 5.41) is 0. The van der Waals surface area contributed by atoms with E-state index >= 15 is 0 Å². The van der Waals surface area contributed by atoms with E-state index in [9.17, 15) is 4.79 Å². The number of fused-ring (bicyclic) bond motifs is 1. The number of aromatic nitrogens is 1. The summed E-state index contributed by atoms with van der Waals surface area (Å²) in [6.07, 6.45) is 6.49. The lowest BCUT2D eigenvalue weighted by molar-refractivity contribution is -0.147. The molecule has 2 fully saturated rings. The van der Waals surface area contributed by atoms with Gasteiger partial charge in [-0.05, 0) is 45.5 Å². The highest BCUT2D eigenvalue weighted by Crippen LogP contribution is 2.40. The first-order valence-corrected chi connectivity index (χ1v) is 9.14. The summed E-state index contributed by atoms with van der Waals surface area (Å²) in [5.41, 5.74) is 0.571. The van der Waals surface area contributed by atoms with Crippen LogP contribution in [0.5, 0.6) is 0 Å². The van der Waals surface area contributed by atoms with Crippen molar-refractivity contribution < 1.29 is 14.3 Å². The molecule has 0 saturated carbocycles. The molecule has 1 aromatic rings. The predicted octanol–water partition coefficient (Wildman–Crippen LogP) is 1.67. The van der Waals surface area contributed by atoms with Crippen LogP contribution in [0.15, 0.2) is 24.5 Å². The molecule has 6 heteroatoms. The quantitative estimate of drug-likeness (QED) is 0.733. The van der Waals surface area contributed by atoms with Crippen molar-refractivity contribution >= 4 is 5.91 Å². The molecule has 1 amide bonds. The molecule has 2 aliphatic heterocycles. The molecule has 0 unspecified atom stereocenters. The Hall–Kier alpha value is -1.50. The zero-order chi connectivity index (χ0) is 17.7. The first-order chi connectivity index (χ1) is 12.1. The second-order valence-corrected chi connectivity index (χ2v) is 7.44. The molecule has 0 spiro atoms. The summed E-state index contributed by atoms with van der Waals surface area (Å²) in [5.74, 6) is 0.0600. The second-order valence-electron chi connectivity index (χ2n) is 7.44. The van der Waals surface area contributed by atoms with E-state index in [-0.39, 0.29) is 17.4 Å². The zero-order valence-electron chi connectivity index (χ0n) is 15.3. The van der Waals surface area contributed by atoms with Crippen LogP contribution in [0.3, 0.4) is 0 Å². The summed E-state index contributed by atoms with van der Waals surface area (Å²) in [7, 11) is 4.09. The molecule has 2 saturated heterocycles. The Bertz CT molecular complexity index is 566. The molecule has 2 atom stereocenters. The molecule has 3 heterocycles. The molecule has 0 bridgehead atoms. The highest BCUT2D eigenvalue weighted by atomic mass is 16.5. The SMILES string of the molecule is CN(C)CCOC[C@]12CCCO[C@@H]1CCN(C(=O)c1cccnc1)C2. The third-order valence-electron chi connectivity index (χ3n) is 5.26. The number of carbonyl (C=O) groups is 1. The van der Waals surface area contributed by atoms with Gasteiger partial charge in [0.1, 0.15) is 0 Å². The predicted molar refractivity (Wildman–Crippen MR) is 95.5 cm³/mol. The molecule has 25 heavy (non-hydrogen) atoms. The molecule has 0 aromatic carbocycles. The van der Waals surface area contributed by atoms with Gasteiger partial charge in [0.2, 0.25) is 0 Å². The van der Waals surface area contributed by atoms with Gasteiger partial charge in [0.15, 0.2) is 0 Å². The van der Waals surface area contributed by atoms with Crippen LogP contribution in [0.1, 0.15) is 29.6 Å². The number of likely N-dealkylation sites (N-methyl/N-ethyl adjacent to an activating group) is 1. The monoisotopic (exact) mass is 347 g/mol. The summed E-state index contributed by atoms with van der Waals surface area (Å²) < 4.78 is 12.1. The summed E-state index contributed by atoms with van der Waals surface area (Å²) in [6.45, 7) is 4.52. The molecule has 2 aliphatic rings. The maximum absolute atomic E-state index is 12.8. The van der Waals surface area contributed by atoms with E-state index in [1.165, 1.54) is 0 Å². The van der Waals surface area contributed by atoms with E-state index < -0.39 is 0 Å². The number of ether oxygens (including phenoxy) is 2. The van der Waals surface area contributed by atoms with Crippen LogP contribution in [0.25, 0.3) is 0 Å². The van der Waals surface area contributed by atoms with Crippen LogP contribution in [0.4, 0.5) is 0 Å².